The molecule has 1 aromatic heterocycles. The molecule has 3 rings (SSSR count). The Bertz CT molecular complexity index is 922. The predicted molar refractivity (Wildman–Crippen MR) is 110 cm³/mol. The van der Waals surface area contributed by atoms with Crippen LogP contribution in [0.4, 0.5) is 11.5 Å². The van der Waals surface area contributed by atoms with Crippen molar-refractivity contribution < 1.29 is 9.53 Å². The standard InChI is InChI=1S/C22H24N4O2/c1-15(2)16-8-10-18(11-9-16)26-21-14-23-19(13-24-21)22(27)25-12-17-6-4-5-7-20(17)28-3/h4-11,13-15H,12H2,1-3H3,(H,24,26)(H,25,27). The smallest absolute Gasteiger partial charge is 0.271 e. The molecular formula is C22H24N4O2. The Kier molecular flexibility index (Phi) is 6.22. The van der Waals surface area contributed by atoms with E-state index in [0.29, 0.717) is 18.3 Å². The Morgan fingerprint density at radius 1 is 1.04 bits per heavy atom. The first-order valence-corrected chi connectivity index (χ1v) is 9.16. The van der Waals surface area contributed by atoms with Crippen molar-refractivity contribution in [3.63, 3.8) is 0 Å². The molecule has 0 radical (unpaired) electrons. The SMILES string of the molecule is COc1ccccc1CNC(=O)c1cnc(Nc2ccc(C(C)C)cc2)cn1. The van der Waals surface area contributed by atoms with Crippen molar-refractivity contribution in [3.8, 4) is 5.75 Å². The van der Waals surface area contributed by atoms with Crippen LogP contribution in [0, 0.1) is 0 Å². The van der Waals surface area contributed by atoms with Crippen LogP contribution >= 0.6 is 0 Å². The van der Waals surface area contributed by atoms with E-state index in [9.17, 15) is 4.79 Å². The first-order valence-electron chi connectivity index (χ1n) is 9.16. The zero-order chi connectivity index (χ0) is 19.9. The molecule has 0 aliphatic rings. The van der Waals surface area contributed by atoms with E-state index < -0.39 is 0 Å². The number of anilines is 2. The summed E-state index contributed by atoms with van der Waals surface area (Å²) < 4.78 is 5.29. The molecule has 28 heavy (non-hydrogen) atoms. The fourth-order valence-electron chi connectivity index (χ4n) is 2.72. The second kappa shape index (κ2) is 8.99. The second-order valence-electron chi connectivity index (χ2n) is 6.68. The van der Waals surface area contributed by atoms with Crippen LogP contribution in [0.25, 0.3) is 0 Å². The molecule has 0 aliphatic heterocycles. The second-order valence-corrected chi connectivity index (χ2v) is 6.68. The van der Waals surface area contributed by atoms with Crippen LogP contribution in [-0.4, -0.2) is 23.0 Å². The normalized spacial score (nSPS) is 10.6. The summed E-state index contributed by atoms with van der Waals surface area (Å²) in [7, 11) is 1.61. The van der Waals surface area contributed by atoms with Crippen molar-refractivity contribution >= 4 is 17.4 Å². The molecule has 1 heterocycles. The van der Waals surface area contributed by atoms with E-state index >= 15 is 0 Å². The number of hydrogen-bond acceptors (Lipinski definition) is 5. The molecule has 0 spiro atoms. The lowest BCUT2D eigenvalue weighted by atomic mass is 10.0. The molecule has 6 nitrogen and oxygen atoms in total. The number of benzene rings is 2. The largest absolute Gasteiger partial charge is 0.496 e. The van der Waals surface area contributed by atoms with E-state index in [1.165, 1.54) is 11.8 Å². The molecule has 0 atom stereocenters. The van der Waals surface area contributed by atoms with E-state index in [2.05, 4.69) is 46.6 Å². The Hall–Kier alpha value is -3.41. The fourth-order valence-corrected chi connectivity index (χ4v) is 2.72. The summed E-state index contributed by atoms with van der Waals surface area (Å²) in [6.45, 7) is 4.67. The van der Waals surface area contributed by atoms with Gasteiger partial charge < -0.3 is 15.4 Å². The highest BCUT2D eigenvalue weighted by Gasteiger charge is 2.10. The molecule has 2 aromatic carbocycles. The van der Waals surface area contributed by atoms with Gasteiger partial charge in [-0.05, 0) is 29.7 Å². The number of methoxy groups -OCH3 is 1. The molecule has 6 heteroatoms. The number of aromatic nitrogens is 2. The van der Waals surface area contributed by atoms with Crippen LogP contribution in [0.2, 0.25) is 0 Å². The van der Waals surface area contributed by atoms with Crippen molar-refractivity contribution in [2.45, 2.75) is 26.3 Å². The van der Waals surface area contributed by atoms with Gasteiger partial charge in [0, 0.05) is 17.8 Å². The number of nitrogens with one attached hydrogen (secondary N) is 2. The van der Waals surface area contributed by atoms with E-state index in [0.717, 1.165) is 17.0 Å². The van der Waals surface area contributed by atoms with Crippen LogP contribution in [0.5, 0.6) is 5.75 Å². The molecule has 0 saturated heterocycles. The molecule has 0 unspecified atom stereocenters. The maximum absolute atomic E-state index is 12.3. The van der Waals surface area contributed by atoms with Gasteiger partial charge in [0.25, 0.3) is 5.91 Å². The number of rotatable bonds is 7. The summed E-state index contributed by atoms with van der Waals surface area (Å²) in [6.07, 6.45) is 3.01. The third-order valence-corrected chi connectivity index (χ3v) is 4.37. The number of ether oxygens (including phenoxy) is 1. The van der Waals surface area contributed by atoms with E-state index in [1.807, 2.05) is 36.4 Å². The Balaban J connectivity index is 1.59. The van der Waals surface area contributed by atoms with Gasteiger partial charge in [-0.2, -0.15) is 0 Å². The number of hydrogen-bond donors (Lipinski definition) is 2. The van der Waals surface area contributed by atoms with Gasteiger partial charge in [-0.25, -0.2) is 9.97 Å². The third-order valence-electron chi connectivity index (χ3n) is 4.37. The summed E-state index contributed by atoms with van der Waals surface area (Å²) in [5, 5.41) is 6.02. The maximum Gasteiger partial charge on any atom is 0.271 e. The molecule has 0 saturated carbocycles. The van der Waals surface area contributed by atoms with Gasteiger partial charge >= 0.3 is 0 Å². The van der Waals surface area contributed by atoms with Crippen LogP contribution in [-0.2, 0) is 6.54 Å². The van der Waals surface area contributed by atoms with Gasteiger partial charge in [0.05, 0.1) is 19.5 Å². The van der Waals surface area contributed by atoms with Crippen molar-refractivity contribution in [1.29, 1.82) is 0 Å². The molecule has 0 aliphatic carbocycles. The lowest BCUT2D eigenvalue weighted by Crippen LogP contribution is -2.24. The Morgan fingerprint density at radius 3 is 2.43 bits per heavy atom. The van der Waals surface area contributed by atoms with Crippen LogP contribution in [0.15, 0.2) is 60.9 Å². The quantitative estimate of drug-likeness (QED) is 0.644. The summed E-state index contributed by atoms with van der Waals surface area (Å²) in [5.74, 6) is 1.52. The average molecular weight is 376 g/mol. The fraction of sp³-hybridized carbons (Fsp3) is 0.227. The predicted octanol–water partition coefficient (Wildman–Crippen LogP) is 4.28. The average Bonchev–Trinajstić information content (AvgIpc) is 2.73. The first-order chi connectivity index (χ1) is 13.6. The number of carbonyl (C=O) groups excluding carboxylic acids is 1. The highest BCUT2D eigenvalue weighted by molar-refractivity contribution is 5.92. The summed E-state index contributed by atoms with van der Waals surface area (Å²) in [5.41, 5.74) is 3.36. The maximum atomic E-state index is 12.3. The highest BCUT2D eigenvalue weighted by atomic mass is 16.5. The van der Waals surface area contributed by atoms with Gasteiger partial charge in [0.15, 0.2) is 0 Å². The minimum atomic E-state index is -0.286. The van der Waals surface area contributed by atoms with Gasteiger partial charge in [0.2, 0.25) is 0 Å². The monoisotopic (exact) mass is 376 g/mol. The molecule has 3 aromatic rings. The number of amides is 1. The van der Waals surface area contributed by atoms with Crippen LogP contribution in [0.3, 0.4) is 0 Å². The summed E-state index contributed by atoms with van der Waals surface area (Å²) >= 11 is 0. The lowest BCUT2D eigenvalue weighted by molar-refractivity contribution is 0.0945. The Morgan fingerprint density at radius 2 is 1.79 bits per heavy atom. The van der Waals surface area contributed by atoms with E-state index in [-0.39, 0.29) is 11.6 Å². The third kappa shape index (κ3) is 4.85. The van der Waals surface area contributed by atoms with Gasteiger partial charge in [-0.1, -0.05) is 44.2 Å². The molecule has 0 bridgehead atoms. The van der Waals surface area contributed by atoms with Crippen molar-refractivity contribution in [2.24, 2.45) is 0 Å². The topological polar surface area (TPSA) is 76.1 Å². The summed E-state index contributed by atoms with van der Waals surface area (Å²) in [4.78, 5) is 20.8. The van der Waals surface area contributed by atoms with Crippen LogP contribution < -0.4 is 15.4 Å². The zero-order valence-electron chi connectivity index (χ0n) is 16.3. The minimum absolute atomic E-state index is 0.260. The molecule has 144 valence electrons. The number of nitrogens with zero attached hydrogens (tertiary/aromatic N) is 2. The lowest BCUT2D eigenvalue weighted by Gasteiger charge is -2.10. The van der Waals surface area contributed by atoms with Crippen molar-refractivity contribution in [3.05, 3.63) is 77.7 Å². The van der Waals surface area contributed by atoms with Gasteiger partial charge in [0.1, 0.15) is 17.3 Å². The number of para-hydroxylation sites is 1. The van der Waals surface area contributed by atoms with Gasteiger partial charge in [-0.3, -0.25) is 4.79 Å². The van der Waals surface area contributed by atoms with Crippen LogP contribution in [0.1, 0.15) is 41.4 Å². The highest BCUT2D eigenvalue weighted by Crippen LogP contribution is 2.19. The summed E-state index contributed by atoms with van der Waals surface area (Å²) in [6, 6.07) is 15.7. The minimum Gasteiger partial charge on any atom is -0.496 e. The van der Waals surface area contributed by atoms with E-state index in [1.54, 1.807) is 13.3 Å². The van der Waals surface area contributed by atoms with E-state index in [4.69, 9.17) is 4.74 Å². The number of carbonyl (C=O) groups is 1. The molecule has 2 N–H and O–H groups in total. The zero-order valence-corrected chi connectivity index (χ0v) is 16.3. The van der Waals surface area contributed by atoms with Crippen molar-refractivity contribution in [1.82, 2.24) is 15.3 Å². The molecule has 0 fully saturated rings. The first kappa shape index (κ1) is 19.4. The van der Waals surface area contributed by atoms with Gasteiger partial charge in [-0.15, -0.1) is 0 Å². The van der Waals surface area contributed by atoms with Crippen molar-refractivity contribution in [2.75, 3.05) is 12.4 Å². The molecular weight excluding hydrogens is 352 g/mol. The Labute approximate surface area is 165 Å². The molecule has 1 amide bonds.